The minimum atomic E-state index is -0.662. The predicted octanol–water partition coefficient (Wildman–Crippen LogP) is 5.36. The van der Waals surface area contributed by atoms with E-state index in [4.69, 9.17) is 16.7 Å². The first-order valence-corrected chi connectivity index (χ1v) is 10.7. The molecule has 0 heterocycles. The molecule has 0 aromatic heterocycles. The molecule has 0 saturated heterocycles. The fourth-order valence-corrected chi connectivity index (χ4v) is 3.40. The molecule has 0 aliphatic carbocycles. The van der Waals surface area contributed by atoms with Crippen molar-refractivity contribution in [2.24, 2.45) is 0 Å². The van der Waals surface area contributed by atoms with Crippen LogP contribution in [0.15, 0.2) is 66.7 Å². The second-order valence-corrected chi connectivity index (χ2v) is 7.93. The van der Waals surface area contributed by atoms with Gasteiger partial charge in [0.05, 0.1) is 17.2 Å². The molecular weight excluding hydrogens is 443 g/mol. The van der Waals surface area contributed by atoms with Crippen molar-refractivity contribution >= 4 is 40.7 Å². The number of carbonyl (C=O) groups excluding carboxylic acids is 2. The summed E-state index contributed by atoms with van der Waals surface area (Å²) < 4.78 is 14.3. The van der Waals surface area contributed by atoms with Gasteiger partial charge in [0.25, 0.3) is 5.91 Å². The number of carbonyl (C=O) groups is 2. The molecule has 0 bridgehead atoms. The number of aliphatic hydroxyl groups excluding tert-OH is 1. The fraction of sp³-hybridized carbons (Fsp3) is 0.154. The fourth-order valence-electron chi connectivity index (χ4n) is 3.16. The van der Waals surface area contributed by atoms with Gasteiger partial charge in [-0.05, 0) is 66.6 Å². The molecule has 0 saturated carbocycles. The first-order chi connectivity index (χ1) is 15.8. The lowest BCUT2D eigenvalue weighted by Gasteiger charge is -2.17. The van der Waals surface area contributed by atoms with Gasteiger partial charge in [0.2, 0.25) is 0 Å². The Kier molecular flexibility index (Phi) is 7.98. The highest BCUT2D eigenvalue weighted by molar-refractivity contribution is 6.34. The number of hydrogen-bond acceptors (Lipinski definition) is 4. The lowest BCUT2D eigenvalue weighted by Crippen LogP contribution is -2.20. The van der Waals surface area contributed by atoms with Crippen LogP contribution in [0, 0.1) is 12.7 Å². The van der Waals surface area contributed by atoms with Crippen LogP contribution >= 0.6 is 11.6 Å². The molecule has 2 N–H and O–H groups in total. The first-order valence-electron chi connectivity index (χ1n) is 10.3. The molecule has 0 unspecified atom stereocenters. The van der Waals surface area contributed by atoms with E-state index in [1.165, 1.54) is 18.2 Å². The average Bonchev–Trinajstić information content (AvgIpc) is 2.81. The van der Waals surface area contributed by atoms with E-state index in [1.807, 2.05) is 36.2 Å². The second kappa shape index (κ2) is 10.9. The molecule has 5 nitrogen and oxygen atoms in total. The number of nitrogens with zero attached hydrogens (tertiary/aromatic N) is 1. The Hall–Kier alpha value is -3.48. The number of benzene rings is 3. The predicted molar refractivity (Wildman–Crippen MR) is 131 cm³/mol. The van der Waals surface area contributed by atoms with E-state index < -0.39 is 11.7 Å². The summed E-state index contributed by atoms with van der Waals surface area (Å²) in [6.07, 6.45) is 3.19. The van der Waals surface area contributed by atoms with Gasteiger partial charge in [-0.2, -0.15) is 0 Å². The van der Waals surface area contributed by atoms with Crippen molar-refractivity contribution in [2.75, 3.05) is 30.4 Å². The summed E-state index contributed by atoms with van der Waals surface area (Å²) in [6, 6.07) is 16.9. The molecule has 170 valence electrons. The minimum Gasteiger partial charge on any atom is -0.395 e. The van der Waals surface area contributed by atoms with Crippen molar-refractivity contribution in [3.05, 3.63) is 99.8 Å². The Bertz CT molecular complexity index is 1180. The van der Waals surface area contributed by atoms with Gasteiger partial charge in [-0.1, -0.05) is 35.9 Å². The molecule has 33 heavy (non-hydrogen) atoms. The Labute approximate surface area is 197 Å². The van der Waals surface area contributed by atoms with E-state index in [2.05, 4.69) is 5.32 Å². The van der Waals surface area contributed by atoms with Gasteiger partial charge >= 0.3 is 0 Å². The topological polar surface area (TPSA) is 69.6 Å². The average molecular weight is 467 g/mol. The van der Waals surface area contributed by atoms with Crippen molar-refractivity contribution < 1.29 is 19.1 Å². The normalized spacial score (nSPS) is 10.9. The number of rotatable bonds is 8. The van der Waals surface area contributed by atoms with E-state index in [-0.39, 0.29) is 23.0 Å². The summed E-state index contributed by atoms with van der Waals surface area (Å²) >= 11 is 5.99. The number of anilines is 2. The van der Waals surface area contributed by atoms with Crippen molar-refractivity contribution in [1.82, 2.24) is 0 Å². The van der Waals surface area contributed by atoms with Gasteiger partial charge in [0.1, 0.15) is 5.82 Å². The third kappa shape index (κ3) is 6.06. The van der Waals surface area contributed by atoms with Crippen LogP contribution in [0.1, 0.15) is 31.8 Å². The molecule has 3 aromatic carbocycles. The summed E-state index contributed by atoms with van der Waals surface area (Å²) in [7, 11) is 1.89. The Morgan fingerprint density at radius 3 is 2.36 bits per heavy atom. The maximum absolute atomic E-state index is 14.3. The van der Waals surface area contributed by atoms with Crippen molar-refractivity contribution in [3.8, 4) is 0 Å². The number of amides is 1. The summed E-state index contributed by atoms with van der Waals surface area (Å²) in [6.45, 7) is 2.17. The number of halogens is 2. The van der Waals surface area contributed by atoms with Crippen LogP contribution in [0.5, 0.6) is 0 Å². The quantitative estimate of drug-likeness (QED) is 0.346. The van der Waals surface area contributed by atoms with Crippen LogP contribution in [-0.2, 0) is 0 Å². The van der Waals surface area contributed by atoms with Gasteiger partial charge in [0, 0.05) is 30.5 Å². The highest BCUT2D eigenvalue weighted by Crippen LogP contribution is 2.23. The largest absolute Gasteiger partial charge is 0.395 e. The smallest absolute Gasteiger partial charge is 0.260 e. The van der Waals surface area contributed by atoms with Crippen LogP contribution in [0.2, 0.25) is 5.02 Å². The highest BCUT2D eigenvalue weighted by Gasteiger charge is 2.18. The standard InChI is InChI=1S/C26H24ClFN2O3/c1-17-3-13-22(27)24(25(17)28)26(33)29-20-9-7-19(8-10-20)23(32)14-6-18-4-11-21(12-5-18)30(2)15-16-31/h3-14,31H,15-16H2,1-2H3,(H,29,33)/b14-6+. The summed E-state index contributed by atoms with van der Waals surface area (Å²) in [4.78, 5) is 26.9. The van der Waals surface area contributed by atoms with Gasteiger partial charge in [-0.3, -0.25) is 9.59 Å². The molecule has 3 aromatic rings. The summed E-state index contributed by atoms with van der Waals surface area (Å²) in [5.74, 6) is -1.51. The highest BCUT2D eigenvalue weighted by atomic mass is 35.5. The van der Waals surface area contributed by atoms with E-state index >= 15 is 0 Å². The van der Waals surface area contributed by atoms with Gasteiger partial charge in [0.15, 0.2) is 5.78 Å². The third-order valence-electron chi connectivity index (χ3n) is 5.13. The number of ketones is 1. The van der Waals surface area contributed by atoms with E-state index in [9.17, 15) is 14.0 Å². The summed E-state index contributed by atoms with van der Waals surface area (Å²) in [5.41, 5.74) is 2.81. The zero-order chi connectivity index (χ0) is 24.0. The number of aliphatic hydroxyl groups is 1. The van der Waals surface area contributed by atoms with Crippen molar-refractivity contribution in [1.29, 1.82) is 0 Å². The van der Waals surface area contributed by atoms with Crippen LogP contribution in [0.25, 0.3) is 6.08 Å². The molecule has 3 rings (SSSR count). The number of aryl methyl sites for hydroxylation is 1. The van der Waals surface area contributed by atoms with Gasteiger partial charge in [-0.25, -0.2) is 4.39 Å². The molecule has 7 heteroatoms. The van der Waals surface area contributed by atoms with Crippen LogP contribution < -0.4 is 10.2 Å². The lowest BCUT2D eigenvalue weighted by atomic mass is 10.1. The Balaban J connectivity index is 1.64. The zero-order valence-corrected chi connectivity index (χ0v) is 19.1. The molecule has 0 aliphatic heterocycles. The number of nitrogens with one attached hydrogen (secondary N) is 1. The molecule has 0 atom stereocenters. The number of likely N-dealkylation sites (N-methyl/N-ethyl adjacent to an activating group) is 1. The van der Waals surface area contributed by atoms with Crippen LogP contribution in [0.3, 0.4) is 0 Å². The van der Waals surface area contributed by atoms with Crippen LogP contribution in [-0.4, -0.2) is 37.0 Å². The first kappa shape index (κ1) is 24.2. The second-order valence-electron chi connectivity index (χ2n) is 7.52. The molecule has 0 fully saturated rings. The van der Waals surface area contributed by atoms with Crippen LogP contribution in [0.4, 0.5) is 15.8 Å². The molecule has 0 spiro atoms. The summed E-state index contributed by atoms with van der Waals surface area (Å²) in [5, 5.41) is 11.6. The van der Waals surface area contributed by atoms with Crippen molar-refractivity contribution in [2.45, 2.75) is 6.92 Å². The van der Waals surface area contributed by atoms with Gasteiger partial charge in [-0.15, -0.1) is 0 Å². The minimum absolute atomic E-state index is 0.0283. The molecular formula is C26H24ClFN2O3. The third-order valence-corrected chi connectivity index (χ3v) is 5.45. The molecule has 0 aliphatic rings. The van der Waals surface area contributed by atoms with E-state index in [0.717, 1.165) is 11.3 Å². The molecule has 1 amide bonds. The van der Waals surface area contributed by atoms with E-state index in [0.29, 0.717) is 23.4 Å². The maximum atomic E-state index is 14.3. The van der Waals surface area contributed by atoms with Gasteiger partial charge < -0.3 is 15.3 Å². The Morgan fingerprint density at radius 1 is 1.06 bits per heavy atom. The SMILES string of the molecule is Cc1ccc(Cl)c(C(=O)Nc2ccc(C(=O)/C=C/c3ccc(N(C)CCO)cc3)cc2)c1F. The van der Waals surface area contributed by atoms with Crippen molar-refractivity contribution in [3.63, 3.8) is 0 Å². The number of allylic oxidation sites excluding steroid dienone is 1. The lowest BCUT2D eigenvalue weighted by molar-refractivity contribution is 0.102. The van der Waals surface area contributed by atoms with E-state index in [1.54, 1.807) is 37.3 Å². The maximum Gasteiger partial charge on any atom is 0.260 e. The molecule has 0 radical (unpaired) electrons. The number of hydrogen-bond donors (Lipinski definition) is 2. The zero-order valence-electron chi connectivity index (χ0n) is 18.3. The monoisotopic (exact) mass is 466 g/mol. The Morgan fingerprint density at radius 2 is 1.73 bits per heavy atom.